The summed E-state index contributed by atoms with van der Waals surface area (Å²) in [5, 5.41) is 4.43. The Balaban J connectivity index is 1.81. The van der Waals surface area contributed by atoms with Gasteiger partial charge in [0.25, 0.3) is 11.8 Å². The number of carbonyl (C=O) groups excluding carboxylic acids is 3. The van der Waals surface area contributed by atoms with E-state index in [1.807, 2.05) is 0 Å². The normalized spacial score (nSPS) is 21.0. The minimum absolute atomic E-state index is 0.119. The Hall–Kier alpha value is -3.42. The molecule has 0 aromatic heterocycles. The summed E-state index contributed by atoms with van der Waals surface area (Å²) in [7, 11) is 1.53. The van der Waals surface area contributed by atoms with Gasteiger partial charge in [-0.1, -0.05) is 12.1 Å². The summed E-state index contributed by atoms with van der Waals surface area (Å²) in [6.45, 7) is 0.138. The number of carbonyl (C=O) groups is 3. The molecule has 132 valence electrons. The molecule has 1 unspecified atom stereocenters. The van der Waals surface area contributed by atoms with Gasteiger partial charge in [0.05, 0.1) is 19.3 Å². The van der Waals surface area contributed by atoms with Crippen LogP contribution in [-0.2, 0) is 21.7 Å². The molecule has 0 saturated carbocycles. The van der Waals surface area contributed by atoms with Crippen LogP contribution in [0.15, 0.2) is 42.5 Å². The number of fused-ring (bicyclic) bond motifs is 2. The first-order chi connectivity index (χ1) is 12.5. The van der Waals surface area contributed by atoms with Gasteiger partial charge in [0.15, 0.2) is 0 Å². The van der Waals surface area contributed by atoms with Crippen molar-refractivity contribution in [1.29, 1.82) is 0 Å². The average molecular weight is 355 g/mol. The molecule has 4 amide bonds. The Bertz CT molecular complexity index is 961. The zero-order chi connectivity index (χ0) is 18.5. The lowest BCUT2D eigenvalue weighted by Crippen LogP contribution is -2.52. The highest BCUT2D eigenvalue weighted by molar-refractivity contribution is 6.27. The maximum absolute atomic E-state index is 13.8. The van der Waals surface area contributed by atoms with E-state index >= 15 is 0 Å². The van der Waals surface area contributed by atoms with Crippen molar-refractivity contribution in [3.63, 3.8) is 0 Å². The monoisotopic (exact) mass is 355 g/mol. The fourth-order valence-electron chi connectivity index (χ4n) is 3.38. The van der Waals surface area contributed by atoms with Crippen LogP contribution in [0.2, 0.25) is 0 Å². The summed E-state index contributed by atoms with van der Waals surface area (Å²) in [4.78, 5) is 38.6. The molecule has 2 aromatic rings. The standard InChI is InChI=1S/C18H14FN3O4/c1-26-12-4-2-3-10(7-12)9-22-14-6-5-11(19)8-13(14)18(16(22)24)15(23)20-17(25)21-18/h2-8H,9H2,1H3,(H2,20,21,23,25). The molecule has 2 aliphatic rings. The maximum Gasteiger partial charge on any atom is 0.323 e. The molecule has 2 aliphatic heterocycles. The van der Waals surface area contributed by atoms with E-state index in [0.29, 0.717) is 11.4 Å². The second kappa shape index (κ2) is 5.55. The van der Waals surface area contributed by atoms with Gasteiger partial charge in [-0.25, -0.2) is 9.18 Å². The van der Waals surface area contributed by atoms with E-state index in [1.165, 1.54) is 24.1 Å². The second-order valence-corrected chi connectivity index (χ2v) is 6.06. The number of hydrogen-bond acceptors (Lipinski definition) is 4. The molecule has 1 atom stereocenters. The molecule has 1 fully saturated rings. The highest BCUT2D eigenvalue weighted by Gasteiger charge is 2.61. The quantitative estimate of drug-likeness (QED) is 0.644. The van der Waals surface area contributed by atoms with Gasteiger partial charge >= 0.3 is 6.03 Å². The fraction of sp³-hybridized carbons (Fsp3) is 0.167. The van der Waals surface area contributed by atoms with Gasteiger partial charge in [-0.05, 0) is 35.9 Å². The Morgan fingerprint density at radius 2 is 1.96 bits per heavy atom. The van der Waals surface area contributed by atoms with E-state index in [0.717, 1.165) is 11.6 Å². The summed E-state index contributed by atoms with van der Waals surface area (Å²) in [6, 6.07) is 10.1. The number of ether oxygens (including phenoxy) is 1. The maximum atomic E-state index is 13.8. The number of halogens is 1. The number of rotatable bonds is 3. The van der Waals surface area contributed by atoms with Crippen LogP contribution in [0.5, 0.6) is 5.75 Å². The summed E-state index contributed by atoms with van der Waals surface area (Å²) in [5.41, 5.74) is -0.687. The van der Waals surface area contributed by atoms with Crippen molar-refractivity contribution >= 4 is 23.5 Å². The predicted octanol–water partition coefficient (Wildman–Crippen LogP) is 1.42. The summed E-state index contributed by atoms with van der Waals surface area (Å²) in [5.74, 6) is -1.43. The van der Waals surface area contributed by atoms with Crippen LogP contribution in [0.25, 0.3) is 0 Å². The van der Waals surface area contributed by atoms with Gasteiger partial charge in [-0.3, -0.25) is 14.9 Å². The molecule has 7 nitrogen and oxygen atoms in total. The van der Waals surface area contributed by atoms with Crippen LogP contribution in [0.4, 0.5) is 14.9 Å². The minimum atomic E-state index is -1.94. The largest absolute Gasteiger partial charge is 0.497 e. The lowest BCUT2D eigenvalue weighted by atomic mass is 9.91. The molecule has 0 aliphatic carbocycles. The Morgan fingerprint density at radius 1 is 1.15 bits per heavy atom. The topological polar surface area (TPSA) is 87.7 Å². The van der Waals surface area contributed by atoms with E-state index in [9.17, 15) is 18.8 Å². The molecule has 8 heteroatoms. The number of nitrogens with zero attached hydrogens (tertiary/aromatic N) is 1. The summed E-state index contributed by atoms with van der Waals surface area (Å²) < 4.78 is 19.0. The van der Waals surface area contributed by atoms with Crippen LogP contribution in [0.1, 0.15) is 11.1 Å². The van der Waals surface area contributed by atoms with Crippen molar-refractivity contribution < 1.29 is 23.5 Å². The number of anilines is 1. The van der Waals surface area contributed by atoms with Crippen molar-refractivity contribution in [2.45, 2.75) is 12.1 Å². The molecule has 2 heterocycles. The van der Waals surface area contributed by atoms with Gasteiger partial charge in [0.2, 0.25) is 5.54 Å². The van der Waals surface area contributed by atoms with Crippen molar-refractivity contribution in [3.05, 3.63) is 59.4 Å². The first-order valence-electron chi connectivity index (χ1n) is 7.84. The smallest absolute Gasteiger partial charge is 0.323 e. The molecule has 2 N–H and O–H groups in total. The van der Waals surface area contributed by atoms with Gasteiger partial charge in [0, 0.05) is 5.56 Å². The van der Waals surface area contributed by atoms with Gasteiger partial charge < -0.3 is 15.0 Å². The molecular weight excluding hydrogens is 341 g/mol. The number of methoxy groups -OCH3 is 1. The highest BCUT2D eigenvalue weighted by Crippen LogP contribution is 2.43. The predicted molar refractivity (Wildman–Crippen MR) is 88.9 cm³/mol. The van der Waals surface area contributed by atoms with Crippen molar-refractivity contribution in [1.82, 2.24) is 10.6 Å². The van der Waals surface area contributed by atoms with Gasteiger partial charge in [-0.2, -0.15) is 0 Å². The molecule has 0 radical (unpaired) electrons. The number of hydrogen-bond donors (Lipinski definition) is 2. The third kappa shape index (κ3) is 2.15. The van der Waals surface area contributed by atoms with E-state index in [1.54, 1.807) is 24.3 Å². The van der Waals surface area contributed by atoms with E-state index in [2.05, 4.69) is 10.6 Å². The zero-order valence-electron chi connectivity index (χ0n) is 13.7. The average Bonchev–Trinajstić information content (AvgIpc) is 3.04. The summed E-state index contributed by atoms with van der Waals surface area (Å²) in [6.07, 6.45) is 0. The number of benzene rings is 2. The lowest BCUT2D eigenvalue weighted by molar-refractivity contribution is -0.134. The Kier molecular flexibility index (Phi) is 3.43. The van der Waals surface area contributed by atoms with Crippen LogP contribution in [-0.4, -0.2) is 25.0 Å². The van der Waals surface area contributed by atoms with E-state index in [4.69, 9.17) is 4.74 Å². The Morgan fingerprint density at radius 3 is 2.65 bits per heavy atom. The third-order valence-electron chi connectivity index (χ3n) is 4.56. The van der Waals surface area contributed by atoms with Crippen LogP contribution in [0.3, 0.4) is 0 Å². The molecule has 0 bridgehead atoms. The highest BCUT2D eigenvalue weighted by atomic mass is 19.1. The van der Waals surface area contributed by atoms with Crippen molar-refractivity contribution in [3.8, 4) is 5.75 Å². The number of amides is 4. The van der Waals surface area contributed by atoms with Crippen LogP contribution in [0, 0.1) is 5.82 Å². The number of imide groups is 1. The number of urea groups is 1. The first-order valence-corrected chi connectivity index (χ1v) is 7.84. The molecule has 4 rings (SSSR count). The minimum Gasteiger partial charge on any atom is -0.497 e. The van der Waals surface area contributed by atoms with Crippen molar-refractivity contribution in [2.24, 2.45) is 0 Å². The Labute approximate surface area is 147 Å². The molecular formula is C18H14FN3O4. The van der Waals surface area contributed by atoms with Crippen LogP contribution >= 0.6 is 0 Å². The second-order valence-electron chi connectivity index (χ2n) is 6.06. The molecule has 26 heavy (non-hydrogen) atoms. The SMILES string of the molecule is COc1cccc(CN2C(=O)C3(NC(=O)NC3=O)c3cc(F)ccc32)c1. The lowest BCUT2D eigenvalue weighted by Gasteiger charge is -2.21. The van der Waals surface area contributed by atoms with Gasteiger partial charge in [0.1, 0.15) is 11.6 Å². The van der Waals surface area contributed by atoms with E-state index < -0.39 is 29.2 Å². The van der Waals surface area contributed by atoms with Crippen molar-refractivity contribution in [2.75, 3.05) is 12.0 Å². The number of nitrogens with one attached hydrogen (secondary N) is 2. The van der Waals surface area contributed by atoms with Crippen LogP contribution < -0.4 is 20.3 Å². The molecule has 1 spiro atoms. The fourth-order valence-corrected chi connectivity index (χ4v) is 3.38. The molecule has 2 aromatic carbocycles. The third-order valence-corrected chi connectivity index (χ3v) is 4.56. The zero-order valence-corrected chi connectivity index (χ0v) is 13.7. The van der Waals surface area contributed by atoms with Gasteiger partial charge in [-0.15, -0.1) is 0 Å². The summed E-state index contributed by atoms with van der Waals surface area (Å²) >= 11 is 0. The first kappa shape index (κ1) is 16.1. The van der Waals surface area contributed by atoms with E-state index in [-0.39, 0.29) is 12.1 Å². The molecule has 1 saturated heterocycles.